The van der Waals surface area contributed by atoms with Gasteiger partial charge in [0.05, 0.1) is 12.2 Å². The maximum absolute atomic E-state index is 12.6. The van der Waals surface area contributed by atoms with Gasteiger partial charge in [-0.1, -0.05) is 106 Å². The highest BCUT2D eigenvalue weighted by atomic mass is 16.5. The Bertz CT molecular complexity index is 3190. The van der Waals surface area contributed by atoms with Crippen LogP contribution in [0.1, 0.15) is 391 Å². The first kappa shape index (κ1) is 116. The molecule has 0 amide bonds. The zero-order valence-corrected chi connectivity index (χ0v) is 88.3. The summed E-state index contributed by atoms with van der Waals surface area (Å²) < 4.78 is 16.5. The Morgan fingerprint density at radius 2 is 0.651 bits per heavy atom. The summed E-state index contributed by atoms with van der Waals surface area (Å²) in [6, 6.07) is 14.3. The quantitative estimate of drug-likeness (QED) is 0.0685. The van der Waals surface area contributed by atoms with E-state index in [0.717, 1.165) is 297 Å². The Labute approximate surface area is 791 Å². The molecule has 0 radical (unpaired) electrons. The predicted molar refractivity (Wildman–Crippen MR) is 536 cm³/mol. The smallest absolute Gasteiger partial charge is 0.143 e. The fourth-order valence-electron chi connectivity index (χ4n) is 20.9. The van der Waals surface area contributed by atoms with Crippen LogP contribution < -0.4 is 0 Å². The summed E-state index contributed by atoms with van der Waals surface area (Å²) >= 11 is 0. The zero-order valence-electron chi connectivity index (χ0n) is 88.3. The molecule has 18 nitrogen and oxygen atoms in total. The van der Waals surface area contributed by atoms with Crippen molar-refractivity contribution in [2.75, 3.05) is 125 Å². The van der Waals surface area contributed by atoms with E-state index in [1.165, 1.54) is 19.3 Å². The summed E-state index contributed by atoms with van der Waals surface area (Å²) in [7, 11) is 0. The van der Waals surface area contributed by atoms with Gasteiger partial charge in [-0.05, 0) is 392 Å². The largest absolute Gasteiger partial charge is 0.393 e. The number of aliphatic hydroxyl groups is 1. The summed E-state index contributed by atoms with van der Waals surface area (Å²) in [5, 5.41) is 9.24. The minimum Gasteiger partial charge on any atom is -0.393 e. The minimum atomic E-state index is -0.363. The summed E-state index contributed by atoms with van der Waals surface area (Å²) in [6.07, 6.45) is 31.9. The van der Waals surface area contributed by atoms with Crippen molar-refractivity contribution in [1.29, 1.82) is 0 Å². The third-order valence-corrected chi connectivity index (χ3v) is 33.0. The van der Waals surface area contributed by atoms with Crippen molar-refractivity contribution < 1.29 is 52.9 Å². The van der Waals surface area contributed by atoms with Crippen LogP contribution in [0.2, 0.25) is 0 Å². The number of likely N-dealkylation sites (tertiary alicyclic amines) is 7. The first-order chi connectivity index (χ1) is 60.6. The van der Waals surface area contributed by atoms with Crippen molar-refractivity contribution in [3.05, 3.63) is 35.9 Å². The standard InChI is InChI=1S/2C17H31NO2.C17H25NO.C16H29NO2.2C15H29NO.C14H27NO2/c1-14(2)18-10-8-17(3,9-11-18)16(19)5-4-15-6-12-20-13-7-15;1-14(2)18-10-8-17(3,9-11-18)16(19)7-6-15-5-4-12-20-13-15;1-14(2)18-11-9-17(3,10-12-18)16(19)13-15-7-5-4-6-8-15;1-13(2)17-10-8-16(3,9-11-17)15(18)7-6-14-5-4-12-19-14;1-12(2)6-7-14(17)15(5)8-10-16(11-9-15)13(3)4;1-6-15(14(17)11-12(2)3)7-9-16(10-8-15)13(4)5;1-11(2)15-9-7-14(4,8-10-15)13(17)6-5-12(3)16/h2*14-15H,4-13H2,1-3H3;4-8,14H,9-13H2,1-3H3;13-14H,4-12H2,1-3H3;2*12-13H,6-11H2,1-5H3;11-12,16H,5-10H2,1-4H3. The molecule has 3 unspecified atom stereocenters. The van der Waals surface area contributed by atoms with Gasteiger partial charge in [0.15, 0.2) is 0 Å². The van der Waals surface area contributed by atoms with Crippen LogP contribution in [0.25, 0.3) is 0 Å². The molecule has 18 heteroatoms. The monoisotopic (exact) mass is 1810 g/mol. The van der Waals surface area contributed by atoms with E-state index in [1.807, 2.05) is 30.3 Å². The molecule has 1 aromatic carbocycles. The number of rotatable bonds is 34. The number of ether oxygens (including phenoxy) is 3. The highest BCUT2D eigenvalue weighted by Crippen LogP contribution is 2.43. The number of nitrogens with zero attached hydrogens (tertiary/aromatic N) is 7. The number of hydrogen-bond acceptors (Lipinski definition) is 18. The fourth-order valence-corrected chi connectivity index (χ4v) is 20.9. The Morgan fingerprint density at radius 3 is 0.946 bits per heavy atom. The topological polar surface area (TPSA) is 190 Å². The van der Waals surface area contributed by atoms with Gasteiger partial charge in [0.2, 0.25) is 0 Å². The number of piperidine rings is 7. The highest BCUT2D eigenvalue weighted by molar-refractivity contribution is 5.88. The van der Waals surface area contributed by atoms with Gasteiger partial charge in [-0.15, -0.1) is 0 Å². The Hall–Kier alpha value is -3.53. The van der Waals surface area contributed by atoms with E-state index in [1.54, 1.807) is 6.92 Å². The van der Waals surface area contributed by atoms with Crippen LogP contribution in [0.4, 0.5) is 0 Å². The van der Waals surface area contributed by atoms with E-state index >= 15 is 0 Å². The van der Waals surface area contributed by atoms with Gasteiger partial charge in [0.25, 0.3) is 0 Å². The SMILES string of the molecule is CC(C)CCC(=O)C1(C)CCN(C(C)C)CC1.CC(C)N1CCC(C)(C(=O)CCC2CCCO2)CC1.CC(C)N1CCC(C)(C(=O)CCC2CCCOC2)CC1.CC(C)N1CCC(C)(C(=O)CCC2CCOCC2)CC1.CC(C)N1CCC(C)(C(=O)Cc2ccccc2)CC1.CC(O)CCC(=O)C1(C)CCN(C(C)C)CC1.CCC1(C(=O)CC(C)C)CCN(C(C)C)CC1. The lowest BCUT2D eigenvalue weighted by Crippen LogP contribution is -2.46. The first-order valence-electron chi connectivity index (χ1n) is 53.1. The van der Waals surface area contributed by atoms with Gasteiger partial charge in [0, 0.05) is 158 Å². The van der Waals surface area contributed by atoms with E-state index in [2.05, 4.69) is 207 Å². The van der Waals surface area contributed by atoms with E-state index in [-0.39, 0.29) is 44.0 Å². The predicted octanol–water partition coefficient (Wildman–Crippen LogP) is 22.1. The lowest BCUT2D eigenvalue weighted by atomic mass is 9.71. The van der Waals surface area contributed by atoms with Crippen LogP contribution >= 0.6 is 0 Å². The second kappa shape index (κ2) is 57.0. The molecule has 746 valence electrons. The van der Waals surface area contributed by atoms with Gasteiger partial charge in [-0.3, -0.25) is 33.6 Å². The van der Waals surface area contributed by atoms with Gasteiger partial charge >= 0.3 is 0 Å². The average Bonchev–Trinajstić information content (AvgIpc) is 1.35. The first-order valence-corrected chi connectivity index (χ1v) is 53.1. The molecule has 10 heterocycles. The maximum Gasteiger partial charge on any atom is 0.143 e. The molecule has 11 rings (SSSR count). The molecule has 0 bridgehead atoms. The lowest BCUT2D eigenvalue weighted by Gasteiger charge is -2.42. The van der Waals surface area contributed by atoms with Crippen LogP contribution in [0.3, 0.4) is 0 Å². The summed E-state index contributed by atoms with van der Waals surface area (Å²) in [4.78, 5) is 104. The second-order valence-electron chi connectivity index (χ2n) is 46.3. The van der Waals surface area contributed by atoms with Gasteiger partial charge in [-0.2, -0.15) is 0 Å². The number of ketones is 7. The zero-order chi connectivity index (χ0) is 96.1. The summed E-state index contributed by atoms with van der Waals surface area (Å²) in [6.45, 7) is 76.3. The molecule has 0 aliphatic carbocycles. The molecule has 129 heavy (non-hydrogen) atoms. The molecule has 3 atom stereocenters. The third-order valence-electron chi connectivity index (χ3n) is 33.0. The Balaban J connectivity index is 0.000000267. The van der Waals surface area contributed by atoms with Crippen molar-refractivity contribution in [2.24, 2.45) is 61.6 Å². The Morgan fingerprint density at radius 1 is 0.341 bits per heavy atom. The van der Waals surface area contributed by atoms with Crippen molar-refractivity contribution in [2.45, 2.75) is 446 Å². The highest BCUT2D eigenvalue weighted by Gasteiger charge is 2.45. The molecule has 10 aliphatic heterocycles. The summed E-state index contributed by atoms with van der Waals surface area (Å²) in [5.74, 6) is 5.67. The van der Waals surface area contributed by atoms with Crippen LogP contribution in [0, 0.1) is 61.6 Å². The molecular weight excluding hydrogens is 1610 g/mol. The molecule has 10 saturated heterocycles. The number of aliphatic hydroxyl groups excluding tert-OH is 1. The maximum atomic E-state index is 12.6. The molecule has 0 saturated carbocycles. The molecule has 1 aromatic rings. The molecule has 0 aromatic heterocycles. The fraction of sp³-hybridized carbons (Fsp3) is 0.883. The third kappa shape index (κ3) is 39.5. The molecular formula is C111H201N7O11. The number of carbonyl (C=O) groups excluding carboxylic acids is 7. The average molecular weight is 1810 g/mol. The Kier molecular flexibility index (Phi) is 51.2. The van der Waals surface area contributed by atoms with Crippen LogP contribution in [-0.2, 0) is 54.2 Å². The lowest BCUT2D eigenvalue weighted by molar-refractivity contribution is -0.133. The van der Waals surface area contributed by atoms with E-state index in [4.69, 9.17) is 14.2 Å². The van der Waals surface area contributed by atoms with E-state index in [0.29, 0.717) is 138 Å². The van der Waals surface area contributed by atoms with Crippen LogP contribution in [0.15, 0.2) is 30.3 Å². The van der Waals surface area contributed by atoms with Crippen molar-refractivity contribution in [1.82, 2.24) is 34.3 Å². The van der Waals surface area contributed by atoms with Gasteiger partial charge in [-0.25, -0.2) is 0 Å². The number of carbonyl (C=O) groups is 7. The second-order valence-corrected chi connectivity index (χ2v) is 46.3. The van der Waals surface area contributed by atoms with Gasteiger partial charge < -0.3 is 53.6 Å². The minimum absolute atomic E-state index is 0.00431. The van der Waals surface area contributed by atoms with Crippen LogP contribution in [-0.4, -0.2) is 259 Å². The van der Waals surface area contributed by atoms with E-state index < -0.39 is 0 Å². The summed E-state index contributed by atoms with van der Waals surface area (Å²) in [5.41, 5.74) is 0.610. The molecule has 0 spiro atoms. The molecule has 10 fully saturated rings. The number of benzene rings is 1. The number of hydrogen-bond donors (Lipinski definition) is 1. The van der Waals surface area contributed by atoms with Crippen molar-refractivity contribution in [3.63, 3.8) is 0 Å². The molecule has 1 N–H and O–H groups in total. The van der Waals surface area contributed by atoms with E-state index in [9.17, 15) is 38.7 Å². The van der Waals surface area contributed by atoms with Crippen LogP contribution in [0.5, 0.6) is 0 Å². The van der Waals surface area contributed by atoms with Gasteiger partial charge in [0.1, 0.15) is 40.5 Å². The number of Topliss-reactive ketones (excluding diaryl/α,β-unsaturated/α-hetero) is 7. The normalized spacial score (nSPS) is 23.7. The van der Waals surface area contributed by atoms with Crippen molar-refractivity contribution >= 4 is 40.5 Å². The van der Waals surface area contributed by atoms with Crippen molar-refractivity contribution in [3.8, 4) is 0 Å². The molecule has 10 aliphatic rings.